The van der Waals surface area contributed by atoms with E-state index in [1.807, 2.05) is 36.4 Å². The lowest BCUT2D eigenvalue weighted by molar-refractivity contribution is -0.128. The number of carbonyl (C=O) groups is 1. The van der Waals surface area contributed by atoms with Gasteiger partial charge in [-0.05, 0) is 41.7 Å². The molecule has 2 aromatic carbocycles. The highest BCUT2D eigenvalue weighted by Gasteiger charge is 2.14. The zero-order chi connectivity index (χ0) is 19.5. The van der Waals surface area contributed by atoms with Gasteiger partial charge in [0.1, 0.15) is 5.75 Å². The number of hydrogen-bond acceptors (Lipinski definition) is 3. The molecule has 0 aromatic heterocycles. The zero-order valence-corrected chi connectivity index (χ0v) is 16.2. The molecule has 0 bridgehead atoms. The van der Waals surface area contributed by atoms with Gasteiger partial charge >= 0.3 is 5.97 Å². The standard InChI is InChI=1S/C24H27NO2/c1-3-5-9-19(4-2)16-22-14-12-21(18-25)17-23(22)27-24(26)15-13-20-10-7-6-8-11-20/h6-8,10-15,17,19H,3-5,9,16H2,1-2H3/b15-13+. The highest BCUT2D eigenvalue weighted by molar-refractivity contribution is 5.88. The van der Waals surface area contributed by atoms with Crippen LogP contribution in [0.25, 0.3) is 6.08 Å². The van der Waals surface area contributed by atoms with Crippen molar-refractivity contribution in [2.45, 2.75) is 46.0 Å². The van der Waals surface area contributed by atoms with E-state index in [0.717, 1.165) is 30.4 Å². The van der Waals surface area contributed by atoms with Crippen LogP contribution in [0, 0.1) is 17.2 Å². The van der Waals surface area contributed by atoms with Crippen molar-refractivity contribution in [2.75, 3.05) is 0 Å². The summed E-state index contributed by atoms with van der Waals surface area (Å²) in [5.41, 5.74) is 2.42. The molecule has 2 rings (SSSR count). The lowest BCUT2D eigenvalue weighted by atomic mass is 9.91. The molecule has 0 saturated heterocycles. The van der Waals surface area contributed by atoms with Gasteiger partial charge in [0.25, 0.3) is 0 Å². The average molecular weight is 361 g/mol. The third-order valence-corrected chi connectivity index (χ3v) is 4.67. The van der Waals surface area contributed by atoms with Crippen LogP contribution in [0.3, 0.4) is 0 Å². The van der Waals surface area contributed by atoms with Crippen LogP contribution in [-0.4, -0.2) is 5.97 Å². The molecule has 0 radical (unpaired) electrons. The summed E-state index contributed by atoms with van der Waals surface area (Å²) in [4.78, 5) is 12.3. The van der Waals surface area contributed by atoms with Crippen molar-refractivity contribution in [2.24, 2.45) is 5.92 Å². The summed E-state index contributed by atoms with van der Waals surface area (Å²) in [6, 6.07) is 17.1. The maximum Gasteiger partial charge on any atom is 0.336 e. The second-order valence-corrected chi connectivity index (χ2v) is 6.72. The summed E-state index contributed by atoms with van der Waals surface area (Å²) in [5.74, 6) is 0.610. The van der Waals surface area contributed by atoms with Crippen LogP contribution in [0.15, 0.2) is 54.6 Å². The number of hydrogen-bond donors (Lipinski definition) is 0. The fourth-order valence-electron chi connectivity index (χ4n) is 3.01. The van der Waals surface area contributed by atoms with Crippen LogP contribution in [-0.2, 0) is 11.2 Å². The lowest BCUT2D eigenvalue weighted by Crippen LogP contribution is -2.09. The van der Waals surface area contributed by atoms with Crippen LogP contribution in [0.5, 0.6) is 5.75 Å². The summed E-state index contributed by atoms with van der Waals surface area (Å²) in [7, 11) is 0. The fourth-order valence-corrected chi connectivity index (χ4v) is 3.01. The van der Waals surface area contributed by atoms with Crippen molar-refractivity contribution < 1.29 is 9.53 Å². The molecule has 0 amide bonds. The van der Waals surface area contributed by atoms with Crippen LogP contribution in [0.2, 0.25) is 0 Å². The molecule has 0 N–H and O–H groups in total. The Labute approximate surface area is 162 Å². The first-order valence-corrected chi connectivity index (χ1v) is 9.64. The Balaban J connectivity index is 2.14. The van der Waals surface area contributed by atoms with Gasteiger partial charge in [-0.1, -0.05) is 75.9 Å². The molecule has 0 heterocycles. The van der Waals surface area contributed by atoms with E-state index in [-0.39, 0.29) is 0 Å². The molecule has 0 fully saturated rings. The smallest absolute Gasteiger partial charge is 0.336 e. The summed E-state index contributed by atoms with van der Waals surface area (Å²) in [6.07, 6.45) is 8.63. The van der Waals surface area contributed by atoms with E-state index in [2.05, 4.69) is 19.9 Å². The van der Waals surface area contributed by atoms with Crippen molar-refractivity contribution in [3.05, 3.63) is 71.3 Å². The summed E-state index contributed by atoms with van der Waals surface area (Å²) in [5, 5.41) is 9.18. The van der Waals surface area contributed by atoms with Gasteiger partial charge in [0.05, 0.1) is 11.6 Å². The molecule has 1 atom stereocenters. The minimum Gasteiger partial charge on any atom is -0.423 e. The Kier molecular flexibility index (Phi) is 8.32. The molecular formula is C24H27NO2. The van der Waals surface area contributed by atoms with Gasteiger partial charge in [-0.25, -0.2) is 4.79 Å². The summed E-state index contributed by atoms with van der Waals surface area (Å²) < 4.78 is 5.58. The van der Waals surface area contributed by atoms with E-state index in [4.69, 9.17) is 4.74 Å². The Hall–Kier alpha value is -2.86. The number of unbranched alkanes of at least 4 members (excludes halogenated alkanes) is 1. The number of nitrogens with zero attached hydrogens (tertiary/aromatic N) is 1. The SMILES string of the molecule is CCCCC(CC)Cc1ccc(C#N)cc1OC(=O)/C=C/c1ccccc1. The second kappa shape index (κ2) is 11.0. The van der Waals surface area contributed by atoms with Crippen LogP contribution < -0.4 is 4.74 Å². The molecule has 0 aliphatic rings. The van der Waals surface area contributed by atoms with Crippen LogP contribution in [0.1, 0.15) is 56.2 Å². The first kappa shape index (κ1) is 20.5. The molecule has 1 unspecified atom stereocenters. The number of rotatable bonds is 9. The summed E-state index contributed by atoms with van der Waals surface area (Å²) in [6.45, 7) is 4.39. The molecule has 3 heteroatoms. The Morgan fingerprint density at radius 3 is 2.63 bits per heavy atom. The normalized spacial score (nSPS) is 11.9. The van der Waals surface area contributed by atoms with E-state index in [9.17, 15) is 10.1 Å². The highest BCUT2D eigenvalue weighted by Crippen LogP contribution is 2.27. The molecule has 0 aliphatic carbocycles. The number of ether oxygens (including phenoxy) is 1. The molecule has 2 aromatic rings. The summed E-state index contributed by atoms with van der Waals surface area (Å²) >= 11 is 0. The highest BCUT2D eigenvalue weighted by atomic mass is 16.5. The molecule has 0 spiro atoms. The Morgan fingerprint density at radius 1 is 1.19 bits per heavy atom. The van der Waals surface area contributed by atoms with E-state index < -0.39 is 5.97 Å². The van der Waals surface area contributed by atoms with Crippen molar-refractivity contribution in [1.29, 1.82) is 5.26 Å². The van der Waals surface area contributed by atoms with Gasteiger partial charge in [-0.3, -0.25) is 0 Å². The maximum atomic E-state index is 12.3. The predicted molar refractivity (Wildman–Crippen MR) is 109 cm³/mol. The van der Waals surface area contributed by atoms with Crippen molar-refractivity contribution in [1.82, 2.24) is 0 Å². The maximum absolute atomic E-state index is 12.3. The van der Waals surface area contributed by atoms with Gasteiger partial charge < -0.3 is 4.74 Å². The van der Waals surface area contributed by atoms with E-state index in [1.54, 1.807) is 18.2 Å². The number of carbonyl (C=O) groups excluding carboxylic acids is 1. The van der Waals surface area contributed by atoms with Gasteiger partial charge in [0, 0.05) is 6.08 Å². The molecule has 0 aliphatic heterocycles. The quantitative estimate of drug-likeness (QED) is 0.316. The molecule has 0 saturated carbocycles. The Bertz CT molecular complexity index is 803. The van der Waals surface area contributed by atoms with E-state index in [1.165, 1.54) is 18.9 Å². The molecule has 140 valence electrons. The van der Waals surface area contributed by atoms with E-state index >= 15 is 0 Å². The second-order valence-electron chi connectivity index (χ2n) is 6.72. The van der Waals surface area contributed by atoms with Gasteiger partial charge in [0.2, 0.25) is 0 Å². The fraction of sp³-hybridized carbons (Fsp3) is 0.333. The first-order valence-electron chi connectivity index (χ1n) is 9.64. The van der Waals surface area contributed by atoms with Crippen LogP contribution in [0.4, 0.5) is 0 Å². The van der Waals surface area contributed by atoms with Crippen molar-refractivity contribution >= 4 is 12.0 Å². The molecular weight excluding hydrogens is 334 g/mol. The monoisotopic (exact) mass is 361 g/mol. The topological polar surface area (TPSA) is 50.1 Å². The third-order valence-electron chi connectivity index (χ3n) is 4.67. The predicted octanol–water partition coefficient (Wildman–Crippen LogP) is 5.94. The van der Waals surface area contributed by atoms with Gasteiger partial charge in [-0.2, -0.15) is 5.26 Å². The van der Waals surface area contributed by atoms with E-state index in [0.29, 0.717) is 17.2 Å². The molecule has 3 nitrogen and oxygen atoms in total. The molecule has 27 heavy (non-hydrogen) atoms. The first-order chi connectivity index (χ1) is 13.2. The van der Waals surface area contributed by atoms with Crippen molar-refractivity contribution in [3.63, 3.8) is 0 Å². The minimum absolute atomic E-state index is 0.434. The number of benzene rings is 2. The number of esters is 1. The Morgan fingerprint density at radius 2 is 1.96 bits per heavy atom. The van der Waals surface area contributed by atoms with Gasteiger partial charge in [-0.15, -0.1) is 0 Å². The largest absolute Gasteiger partial charge is 0.423 e. The van der Waals surface area contributed by atoms with Crippen LogP contribution >= 0.6 is 0 Å². The zero-order valence-electron chi connectivity index (χ0n) is 16.2. The third kappa shape index (κ3) is 6.75. The van der Waals surface area contributed by atoms with Crippen molar-refractivity contribution in [3.8, 4) is 11.8 Å². The average Bonchev–Trinajstić information content (AvgIpc) is 2.71. The lowest BCUT2D eigenvalue weighted by Gasteiger charge is -2.17. The minimum atomic E-state index is -0.434. The van der Waals surface area contributed by atoms with Gasteiger partial charge in [0.15, 0.2) is 0 Å². The number of nitriles is 1.